The summed E-state index contributed by atoms with van der Waals surface area (Å²) in [6.07, 6.45) is -11.3. The zero-order valence-electron chi connectivity index (χ0n) is 14.5. The van der Waals surface area contributed by atoms with Gasteiger partial charge in [0.05, 0.1) is 24.0 Å². The van der Waals surface area contributed by atoms with E-state index in [9.17, 15) is 44.7 Å². The highest BCUT2D eigenvalue weighted by Gasteiger charge is 2.32. The minimum atomic E-state index is -4.83. The molecular weight excluding hydrogens is 432 g/mol. The molecule has 30 heavy (non-hydrogen) atoms. The Hall–Kier alpha value is -3.18. The lowest BCUT2D eigenvalue weighted by molar-refractivity contribution is -0.141. The molecule has 0 aromatic heterocycles. The molecule has 0 amide bonds. The van der Waals surface area contributed by atoms with E-state index in [2.05, 4.69) is 9.47 Å². The van der Waals surface area contributed by atoms with Crippen LogP contribution >= 0.6 is 0 Å². The van der Waals surface area contributed by atoms with Gasteiger partial charge in [-0.25, -0.2) is 8.78 Å². The number of carbonyl (C=O) groups excluding carboxylic acids is 2. The van der Waals surface area contributed by atoms with Crippen LogP contribution in [0.3, 0.4) is 0 Å². The highest BCUT2D eigenvalue weighted by molar-refractivity contribution is 5.80. The van der Waals surface area contributed by atoms with E-state index in [0.29, 0.717) is 24.3 Å². The van der Waals surface area contributed by atoms with Gasteiger partial charge >= 0.3 is 24.3 Å². The van der Waals surface area contributed by atoms with E-state index in [4.69, 9.17) is 0 Å². The zero-order chi connectivity index (χ0) is 22.7. The van der Waals surface area contributed by atoms with Crippen LogP contribution in [0.4, 0.5) is 35.1 Å². The zero-order valence-corrected chi connectivity index (χ0v) is 14.5. The topological polar surface area (TPSA) is 52.6 Å². The number of ether oxygens (including phenoxy) is 2. The summed E-state index contributed by atoms with van der Waals surface area (Å²) in [5.41, 5.74) is -2.57. The average molecular weight is 442 g/mol. The third-order valence-corrected chi connectivity index (χ3v) is 3.50. The van der Waals surface area contributed by atoms with Crippen molar-refractivity contribution >= 4 is 11.9 Å². The fraction of sp³-hybridized carbons (Fsp3) is 0.222. The predicted molar refractivity (Wildman–Crippen MR) is 83.3 cm³/mol. The summed E-state index contributed by atoms with van der Waals surface area (Å²) >= 11 is 0. The van der Waals surface area contributed by atoms with Crippen LogP contribution in [0.2, 0.25) is 0 Å². The maximum Gasteiger partial charge on any atom is 0.416 e. The average Bonchev–Trinajstić information content (AvgIpc) is 2.62. The van der Waals surface area contributed by atoms with Crippen LogP contribution in [0, 0.1) is 11.6 Å². The molecule has 0 N–H and O–H groups in total. The molecule has 162 valence electrons. The van der Waals surface area contributed by atoms with Gasteiger partial charge in [-0.05, 0) is 36.4 Å². The molecule has 4 nitrogen and oxygen atoms in total. The van der Waals surface area contributed by atoms with Gasteiger partial charge in [0.15, 0.2) is 23.1 Å². The van der Waals surface area contributed by atoms with Crippen molar-refractivity contribution in [3.8, 4) is 11.5 Å². The normalized spacial score (nSPS) is 11.9. The lowest BCUT2D eigenvalue weighted by atomic mass is 10.2. The Morgan fingerprint density at radius 1 is 0.667 bits per heavy atom. The number of esters is 2. The van der Waals surface area contributed by atoms with Crippen LogP contribution in [0.1, 0.15) is 24.0 Å². The molecule has 0 saturated carbocycles. The molecule has 0 fully saturated rings. The molecular formula is C18H10F8O4. The summed E-state index contributed by atoms with van der Waals surface area (Å²) in [6.45, 7) is 0. The van der Waals surface area contributed by atoms with Gasteiger partial charge in [0, 0.05) is 0 Å². The summed E-state index contributed by atoms with van der Waals surface area (Å²) in [5, 5.41) is 0. The number of rotatable bonds is 5. The van der Waals surface area contributed by atoms with E-state index in [1.54, 1.807) is 0 Å². The first-order valence-electron chi connectivity index (χ1n) is 7.92. The van der Waals surface area contributed by atoms with Crippen molar-refractivity contribution < 1.29 is 54.2 Å². The first-order valence-corrected chi connectivity index (χ1v) is 7.92. The van der Waals surface area contributed by atoms with Crippen LogP contribution in [0.15, 0.2) is 36.4 Å². The minimum Gasteiger partial charge on any atom is -0.423 e. The fourth-order valence-electron chi connectivity index (χ4n) is 2.07. The van der Waals surface area contributed by atoms with Gasteiger partial charge in [0.25, 0.3) is 0 Å². The standard InChI is InChI=1S/C18H10F8O4/c19-11-3-1-9(17(21,22)23)7-13(11)29-15(27)5-6-16(28)30-14-8-10(18(24,25)26)2-4-12(14)20/h1-4,7-8H,5-6H2. The highest BCUT2D eigenvalue weighted by Crippen LogP contribution is 2.34. The van der Waals surface area contributed by atoms with Crippen molar-refractivity contribution in [1.29, 1.82) is 0 Å². The Kier molecular flexibility index (Phi) is 6.68. The van der Waals surface area contributed by atoms with E-state index in [1.807, 2.05) is 0 Å². The smallest absolute Gasteiger partial charge is 0.416 e. The second-order valence-electron chi connectivity index (χ2n) is 5.73. The number of carbonyl (C=O) groups is 2. The summed E-state index contributed by atoms with van der Waals surface area (Å²) in [7, 11) is 0. The number of hydrogen-bond donors (Lipinski definition) is 0. The van der Waals surface area contributed by atoms with Gasteiger partial charge in [0.1, 0.15) is 0 Å². The summed E-state index contributed by atoms with van der Waals surface area (Å²) < 4.78 is 112. The molecule has 2 rings (SSSR count). The number of hydrogen-bond acceptors (Lipinski definition) is 4. The molecule has 2 aromatic rings. The lowest BCUT2D eigenvalue weighted by Crippen LogP contribution is -2.16. The Morgan fingerprint density at radius 3 is 1.30 bits per heavy atom. The second-order valence-corrected chi connectivity index (χ2v) is 5.73. The van der Waals surface area contributed by atoms with Crippen molar-refractivity contribution in [2.45, 2.75) is 25.2 Å². The molecule has 0 heterocycles. The Balaban J connectivity index is 1.98. The van der Waals surface area contributed by atoms with Crippen molar-refractivity contribution in [2.24, 2.45) is 0 Å². The molecule has 0 bridgehead atoms. The predicted octanol–water partition coefficient (Wildman–Crippen LogP) is 5.29. The Labute approximate surface area is 163 Å². The first-order chi connectivity index (χ1) is 13.8. The van der Waals surface area contributed by atoms with Gasteiger partial charge in [-0.15, -0.1) is 0 Å². The Bertz CT molecular complexity index is 873. The molecule has 0 aliphatic heterocycles. The summed E-state index contributed by atoms with van der Waals surface area (Å²) in [6, 6.07) is 2.18. The third-order valence-electron chi connectivity index (χ3n) is 3.50. The minimum absolute atomic E-state index is 0.240. The molecule has 0 radical (unpaired) electrons. The lowest BCUT2D eigenvalue weighted by Gasteiger charge is -2.11. The maximum absolute atomic E-state index is 13.5. The van der Waals surface area contributed by atoms with Gasteiger partial charge in [-0.1, -0.05) is 0 Å². The molecule has 0 saturated heterocycles. The number of halogens is 8. The quantitative estimate of drug-likeness (QED) is 0.359. The largest absolute Gasteiger partial charge is 0.423 e. The Morgan fingerprint density at radius 2 is 1.00 bits per heavy atom. The van der Waals surface area contributed by atoms with Gasteiger partial charge in [0.2, 0.25) is 0 Å². The monoisotopic (exact) mass is 442 g/mol. The van der Waals surface area contributed by atoms with Gasteiger partial charge < -0.3 is 9.47 Å². The molecule has 0 unspecified atom stereocenters. The van der Waals surface area contributed by atoms with Crippen LogP contribution < -0.4 is 9.47 Å². The highest BCUT2D eigenvalue weighted by atomic mass is 19.4. The van der Waals surface area contributed by atoms with E-state index in [1.165, 1.54) is 0 Å². The molecule has 0 spiro atoms. The van der Waals surface area contributed by atoms with Crippen LogP contribution in [0.5, 0.6) is 11.5 Å². The molecule has 12 heteroatoms. The number of benzene rings is 2. The van der Waals surface area contributed by atoms with Crippen LogP contribution in [0.25, 0.3) is 0 Å². The summed E-state index contributed by atoms with van der Waals surface area (Å²) in [4.78, 5) is 23.3. The molecule has 2 aromatic carbocycles. The SMILES string of the molecule is O=C(CCC(=O)Oc1cc(C(F)(F)F)ccc1F)Oc1cc(C(F)(F)F)ccc1F. The van der Waals surface area contributed by atoms with Gasteiger partial charge in [-0.2, -0.15) is 26.3 Å². The van der Waals surface area contributed by atoms with Crippen molar-refractivity contribution in [3.05, 3.63) is 59.2 Å². The third kappa shape index (κ3) is 6.16. The second kappa shape index (κ2) is 8.67. The fourth-order valence-corrected chi connectivity index (χ4v) is 2.07. The molecule has 0 atom stereocenters. The maximum atomic E-state index is 13.5. The van der Waals surface area contributed by atoms with E-state index < -0.39 is 71.4 Å². The van der Waals surface area contributed by atoms with Crippen LogP contribution in [-0.2, 0) is 21.9 Å². The van der Waals surface area contributed by atoms with Crippen molar-refractivity contribution in [2.75, 3.05) is 0 Å². The number of alkyl halides is 6. The van der Waals surface area contributed by atoms with Crippen molar-refractivity contribution in [3.63, 3.8) is 0 Å². The molecule has 0 aliphatic rings. The van der Waals surface area contributed by atoms with Gasteiger partial charge in [-0.3, -0.25) is 9.59 Å². The van der Waals surface area contributed by atoms with E-state index in [0.717, 1.165) is 0 Å². The van der Waals surface area contributed by atoms with Crippen molar-refractivity contribution in [1.82, 2.24) is 0 Å². The molecule has 0 aliphatic carbocycles. The first kappa shape index (κ1) is 23.1. The van der Waals surface area contributed by atoms with Crippen LogP contribution in [-0.4, -0.2) is 11.9 Å². The summed E-state index contributed by atoms with van der Waals surface area (Å²) in [5.74, 6) is -7.27. The van der Waals surface area contributed by atoms with E-state index >= 15 is 0 Å². The van der Waals surface area contributed by atoms with E-state index in [-0.39, 0.29) is 12.1 Å².